The lowest BCUT2D eigenvalue weighted by Gasteiger charge is -2.12. The van der Waals surface area contributed by atoms with E-state index in [0.717, 1.165) is 6.42 Å². The molecule has 1 N–H and O–H groups in total. The summed E-state index contributed by atoms with van der Waals surface area (Å²) in [5.41, 5.74) is 1.17. The van der Waals surface area contributed by atoms with Crippen molar-refractivity contribution in [2.45, 2.75) is 26.2 Å². The molecule has 0 amide bonds. The second kappa shape index (κ2) is 9.34. The van der Waals surface area contributed by atoms with E-state index in [-0.39, 0.29) is 11.8 Å². The van der Waals surface area contributed by atoms with Gasteiger partial charge in [0.25, 0.3) is 0 Å². The number of aliphatic hydroxyl groups is 1. The van der Waals surface area contributed by atoms with Crippen LogP contribution in [0.3, 0.4) is 0 Å². The lowest BCUT2D eigenvalue weighted by atomic mass is 10.1. The number of rotatable bonds is 8. The first-order valence-corrected chi connectivity index (χ1v) is 8.73. The van der Waals surface area contributed by atoms with Gasteiger partial charge in [-0.25, -0.2) is 0 Å². The molecule has 25 heavy (non-hydrogen) atoms. The molecule has 0 radical (unpaired) electrons. The average Bonchev–Trinajstić information content (AvgIpc) is 3.03. The molecule has 8 heteroatoms. The number of aromatic nitrogens is 1. The van der Waals surface area contributed by atoms with Crippen LogP contribution in [0, 0.1) is 0 Å². The van der Waals surface area contributed by atoms with Crippen LogP contribution < -0.4 is 9.47 Å². The average molecular weight is 407 g/mol. The fourth-order valence-electron chi connectivity index (χ4n) is 2.17. The Morgan fingerprint density at radius 2 is 2.00 bits per heavy atom. The highest BCUT2D eigenvalue weighted by Gasteiger charge is 2.17. The van der Waals surface area contributed by atoms with E-state index in [0.29, 0.717) is 51.4 Å². The molecular formula is C17H18Cl3NO4. The summed E-state index contributed by atoms with van der Waals surface area (Å²) < 4.78 is 16.2. The molecule has 5 nitrogen and oxygen atoms in total. The van der Waals surface area contributed by atoms with Gasteiger partial charge in [-0.2, -0.15) is 0 Å². The number of nitrogens with zero attached hydrogens (tertiary/aromatic N) is 1. The summed E-state index contributed by atoms with van der Waals surface area (Å²) >= 11 is 18.0. The maximum atomic E-state index is 8.85. The van der Waals surface area contributed by atoms with Crippen molar-refractivity contribution in [2.24, 2.45) is 0 Å². The van der Waals surface area contributed by atoms with Crippen LogP contribution in [0.1, 0.15) is 25.5 Å². The van der Waals surface area contributed by atoms with E-state index in [2.05, 4.69) is 5.16 Å². The zero-order valence-electron chi connectivity index (χ0n) is 13.8. The molecular weight excluding hydrogens is 389 g/mol. The van der Waals surface area contributed by atoms with Crippen LogP contribution in [0.4, 0.5) is 0 Å². The van der Waals surface area contributed by atoms with Gasteiger partial charge in [-0.15, -0.1) is 0 Å². The molecule has 2 aromatic rings. The highest BCUT2D eigenvalue weighted by molar-refractivity contribution is 6.38. The van der Waals surface area contributed by atoms with Crippen molar-refractivity contribution >= 4 is 34.8 Å². The van der Waals surface area contributed by atoms with Gasteiger partial charge >= 0.3 is 0 Å². The summed E-state index contributed by atoms with van der Waals surface area (Å²) in [4.78, 5) is 0. The summed E-state index contributed by atoms with van der Waals surface area (Å²) in [6, 6.07) is 5.08. The fraction of sp³-hybridized carbons (Fsp3) is 0.353. The Kier molecular flexibility index (Phi) is 7.44. The third-order valence-corrected chi connectivity index (χ3v) is 4.28. The third-order valence-electron chi connectivity index (χ3n) is 3.37. The molecule has 0 spiro atoms. The van der Waals surface area contributed by atoms with Gasteiger partial charge in [0, 0.05) is 25.2 Å². The topological polar surface area (TPSA) is 64.7 Å². The van der Waals surface area contributed by atoms with E-state index in [9.17, 15) is 0 Å². The molecule has 0 saturated carbocycles. The Bertz CT molecular complexity index is 754. The Labute approximate surface area is 161 Å². The lowest BCUT2D eigenvalue weighted by Crippen LogP contribution is -1.94. The molecule has 136 valence electrons. The highest BCUT2D eigenvalue weighted by atomic mass is 35.5. The largest absolute Gasteiger partial charge is 0.494 e. The molecule has 2 rings (SSSR count). The maximum absolute atomic E-state index is 8.85. The minimum absolute atomic E-state index is 0.0543. The molecule has 0 atom stereocenters. The quantitative estimate of drug-likeness (QED) is 0.472. The van der Waals surface area contributed by atoms with E-state index in [1.165, 1.54) is 7.11 Å². The Balaban J connectivity index is 2.35. The maximum Gasteiger partial charge on any atom is 0.208 e. The van der Waals surface area contributed by atoms with E-state index in [4.69, 9.17) is 53.9 Å². The molecule has 0 aliphatic rings. The number of aliphatic hydroxyl groups excluding tert-OH is 1. The minimum Gasteiger partial charge on any atom is -0.494 e. The first-order valence-electron chi connectivity index (χ1n) is 7.60. The van der Waals surface area contributed by atoms with Gasteiger partial charge in [-0.3, -0.25) is 0 Å². The van der Waals surface area contributed by atoms with Gasteiger partial charge in [-0.05, 0) is 37.4 Å². The molecule has 0 saturated heterocycles. The van der Waals surface area contributed by atoms with Crippen molar-refractivity contribution in [1.82, 2.24) is 5.16 Å². The van der Waals surface area contributed by atoms with Crippen LogP contribution in [0.5, 0.6) is 11.5 Å². The summed E-state index contributed by atoms with van der Waals surface area (Å²) in [5, 5.41) is 13.6. The standard InChI is InChI=1S/C17H18Cl3NO4/c1-10(18)17(20)24-12-7-13(16(23-2)14(19)8-12)15-9-11(25-21-15)5-3-4-6-22/h7-9,22H,3-6H2,1-2H3. The SMILES string of the molecule is COc1c(Cl)cc(OC(Cl)=C(C)Cl)cc1-c1cc(CCCCO)on1. The van der Waals surface area contributed by atoms with E-state index in [1.807, 2.05) is 0 Å². The van der Waals surface area contributed by atoms with Crippen LogP contribution in [-0.2, 0) is 6.42 Å². The molecule has 0 bridgehead atoms. The number of aryl methyl sites for hydroxylation is 1. The van der Waals surface area contributed by atoms with Crippen molar-refractivity contribution in [3.8, 4) is 22.8 Å². The second-order valence-electron chi connectivity index (χ2n) is 5.25. The van der Waals surface area contributed by atoms with Gasteiger partial charge in [-0.1, -0.05) is 28.4 Å². The van der Waals surface area contributed by atoms with Gasteiger partial charge in [0.2, 0.25) is 5.22 Å². The van der Waals surface area contributed by atoms with Crippen LogP contribution in [0.25, 0.3) is 11.3 Å². The van der Waals surface area contributed by atoms with Crippen molar-refractivity contribution in [3.05, 3.63) is 39.2 Å². The number of halogens is 3. The lowest BCUT2D eigenvalue weighted by molar-refractivity contribution is 0.281. The first kappa shape index (κ1) is 19.9. The van der Waals surface area contributed by atoms with Crippen LogP contribution in [-0.4, -0.2) is 24.0 Å². The van der Waals surface area contributed by atoms with Gasteiger partial charge < -0.3 is 19.1 Å². The van der Waals surface area contributed by atoms with Crippen molar-refractivity contribution in [1.29, 1.82) is 0 Å². The smallest absolute Gasteiger partial charge is 0.208 e. The van der Waals surface area contributed by atoms with E-state index < -0.39 is 0 Å². The van der Waals surface area contributed by atoms with Gasteiger partial charge in [0.1, 0.15) is 23.0 Å². The molecule has 1 heterocycles. The monoisotopic (exact) mass is 405 g/mol. The second-order valence-corrected chi connectivity index (χ2v) is 6.57. The van der Waals surface area contributed by atoms with Crippen LogP contribution >= 0.6 is 34.8 Å². The van der Waals surface area contributed by atoms with Crippen LogP contribution in [0.2, 0.25) is 5.02 Å². The van der Waals surface area contributed by atoms with Gasteiger partial charge in [0.05, 0.1) is 22.7 Å². The van der Waals surface area contributed by atoms with Crippen molar-refractivity contribution in [3.63, 3.8) is 0 Å². The molecule has 0 fully saturated rings. The minimum atomic E-state index is 0.0543. The Hall–Kier alpha value is -1.40. The third kappa shape index (κ3) is 5.28. The number of hydrogen-bond acceptors (Lipinski definition) is 5. The summed E-state index contributed by atoms with van der Waals surface area (Å²) in [7, 11) is 1.52. The predicted octanol–water partition coefficient (Wildman–Crippen LogP) is 5.36. The van der Waals surface area contributed by atoms with Crippen molar-refractivity contribution < 1.29 is 19.1 Å². The number of methoxy groups -OCH3 is 1. The molecule has 1 aromatic carbocycles. The zero-order valence-corrected chi connectivity index (χ0v) is 16.1. The normalized spacial score (nSPS) is 12.1. The number of unbranched alkanes of at least 4 members (excludes halogenated alkanes) is 1. The van der Waals surface area contributed by atoms with E-state index in [1.54, 1.807) is 25.1 Å². The Morgan fingerprint density at radius 3 is 2.64 bits per heavy atom. The fourth-order valence-corrected chi connectivity index (χ4v) is 2.58. The number of ether oxygens (including phenoxy) is 2. The molecule has 0 aliphatic carbocycles. The molecule has 0 unspecified atom stereocenters. The highest BCUT2D eigenvalue weighted by Crippen LogP contribution is 2.40. The van der Waals surface area contributed by atoms with E-state index >= 15 is 0 Å². The van der Waals surface area contributed by atoms with Crippen molar-refractivity contribution in [2.75, 3.05) is 13.7 Å². The number of allylic oxidation sites excluding steroid dienone is 1. The summed E-state index contributed by atoms with van der Waals surface area (Å²) in [6.07, 6.45) is 2.19. The predicted molar refractivity (Wildman–Crippen MR) is 98.6 cm³/mol. The summed E-state index contributed by atoms with van der Waals surface area (Å²) in [6.45, 7) is 1.77. The molecule has 0 aliphatic heterocycles. The zero-order chi connectivity index (χ0) is 18.4. The number of benzene rings is 1. The molecule has 1 aromatic heterocycles. The summed E-state index contributed by atoms with van der Waals surface area (Å²) in [5.74, 6) is 1.56. The first-order chi connectivity index (χ1) is 12.0. The van der Waals surface area contributed by atoms with Gasteiger partial charge in [0.15, 0.2) is 0 Å². The number of hydrogen-bond donors (Lipinski definition) is 1. The van der Waals surface area contributed by atoms with Crippen LogP contribution in [0.15, 0.2) is 33.0 Å². The Morgan fingerprint density at radius 1 is 1.24 bits per heavy atom.